The lowest BCUT2D eigenvalue weighted by Crippen LogP contribution is -2.11. The van der Waals surface area contributed by atoms with Crippen molar-refractivity contribution in [2.75, 3.05) is 6.61 Å². The van der Waals surface area contributed by atoms with Gasteiger partial charge in [-0.1, -0.05) is 30.3 Å². The molecule has 2 aromatic carbocycles. The average molecular weight is 471 g/mol. The molecule has 0 amide bonds. The molecule has 9 nitrogen and oxygen atoms in total. The summed E-state index contributed by atoms with van der Waals surface area (Å²) < 4.78 is 35.5. The van der Waals surface area contributed by atoms with Crippen LogP contribution in [-0.2, 0) is 14.8 Å². The fraction of sp³-hybridized carbons (Fsp3) is 0.0952. The van der Waals surface area contributed by atoms with Crippen molar-refractivity contribution in [1.29, 1.82) is 0 Å². The van der Waals surface area contributed by atoms with Crippen LogP contribution in [-0.4, -0.2) is 35.8 Å². The van der Waals surface area contributed by atoms with Gasteiger partial charge in [0.1, 0.15) is 11.4 Å². The number of nitrogens with zero attached hydrogens (tertiary/aromatic N) is 3. The Morgan fingerprint density at radius 2 is 1.84 bits per heavy atom. The number of carbonyl (C=O) groups excluding carboxylic acids is 1. The molecule has 0 radical (unpaired) electrons. The molecule has 0 aliphatic heterocycles. The van der Waals surface area contributed by atoms with Crippen molar-refractivity contribution in [1.82, 2.24) is 14.8 Å². The third-order valence-corrected chi connectivity index (χ3v) is 6.04. The molecule has 0 aliphatic rings. The van der Waals surface area contributed by atoms with Crippen LogP contribution < -0.4 is 9.88 Å². The molecule has 0 aliphatic carbocycles. The molecule has 0 spiro atoms. The van der Waals surface area contributed by atoms with Gasteiger partial charge in [-0.05, 0) is 31.2 Å². The number of benzene rings is 2. The first kappa shape index (κ1) is 21.7. The Bertz CT molecular complexity index is 1350. The van der Waals surface area contributed by atoms with E-state index in [2.05, 4.69) is 10.1 Å². The predicted octanol–water partition coefficient (Wildman–Crippen LogP) is 3.61. The lowest BCUT2D eigenvalue weighted by molar-refractivity contribution is 0.0520. The molecular formula is C21H18N4O5S2. The van der Waals surface area contributed by atoms with E-state index in [1.165, 1.54) is 40.3 Å². The first-order valence-corrected chi connectivity index (χ1v) is 11.9. The fourth-order valence-corrected chi connectivity index (χ4v) is 4.05. The molecule has 11 heteroatoms. The molecule has 2 N–H and O–H groups in total. The van der Waals surface area contributed by atoms with E-state index in [1.54, 1.807) is 18.5 Å². The maximum absolute atomic E-state index is 11.9. The third kappa shape index (κ3) is 4.69. The van der Waals surface area contributed by atoms with Crippen molar-refractivity contribution in [3.8, 4) is 27.9 Å². The van der Waals surface area contributed by atoms with Crippen molar-refractivity contribution < 1.29 is 22.7 Å². The number of primary sulfonamides is 1. The van der Waals surface area contributed by atoms with E-state index in [9.17, 15) is 13.2 Å². The Labute approximate surface area is 188 Å². The molecule has 0 fully saturated rings. The smallest absolute Gasteiger partial charge is 0.357 e. The number of aromatic nitrogens is 3. The zero-order valence-electron chi connectivity index (χ0n) is 16.8. The Kier molecular flexibility index (Phi) is 6.04. The molecule has 2 heterocycles. The summed E-state index contributed by atoms with van der Waals surface area (Å²) >= 11 is 1.24. The molecule has 0 unspecified atom stereocenters. The number of hydrogen-bond donors (Lipinski definition) is 1. The van der Waals surface area contributed by atoms with Crippen LogP contribution in [0.2, 0.25) is 0 Å². The maximum atomic E-state index is 11.9. The van der Waals surface area contributed by atoms with Gasteiger partial charge in [0.2, 0.25) is 15.2 Å². The molecule has 0 bridgehead atoms. The minimum atomic E-state index is -3.80. The highest BCUT2D eigenvalue weighted by molar-refractivity contribution is 7.89. The van der Waals surface area contributed by atoms with Crippen LogP contribution in [0.5, 0.6) is 11.5 Å². The summed E-state index contributed by atoms with van der Waals surface area (Å²) in [5.74, 6) is 0.324. The minimum Gasteiger partial charge on any atom is -0.461 e. The third-order valence-electron chi connectivity index (χ3n) is 4.28. The van der Waals surface area contributed by atoms with Gasteiger partial charge < -0.3 is 9.47 Å². The van der Waals surface area contributed by atoms with Crippen LogP contribution >= 0.6 is 11.3 Å². The second kappa shape index (κ2) is 8.91. The molecule has 0 atom stereocenters. The number of esters is 1. The van der Waals surface area contributed by atoms with Crippen LogP contribution in [0.1, 0.15) is 17.4 Å². The number of carbonyl (C=O) groups is 1. The van der Waals surface area contributed by atoms with E-state index >= 15 is 0 Å². The summed E-state index contributed by atoms with van der Waals surface area (Å²) in [5.41, 5.74) is 1.56. The Morgan fingerprint density at radius 3 is 2.50 bits per heavy atom. The van der Waals surface area contributed by atoms with Crippen molar-refractivity contribution in [2.24, 2.45) is 5.14 Å². The standard InChI is InChI=1S/C21H18N4O5S2/c1-2-29-20(26)17-13-31-21(23-17)25-12-18(19(24-25)14-6-4-3-5-7-14)30-15-8-10-16(11-9-15)32(22,27)28/h3-13H,2H2,1H3,(H2,22,27,28). The summed E-state index contributed by atoms with van der Waals surface area (Å²) in [5, 5.41) is 11.8. The summed E-state index contributed by atoms with van der Waals surface area (Å²) in [7, 11) is -3.80. The van der Waals surface area contributed by atoms with E-state index in [4.69, 9.17) is 14.6 Å². The summed E-state index contributed by atoms with van der Waals surface area (Å²) in [6.07, 6.45) is 1.64. The first-order valence-electron chi connectivity index (χ1n) is 9.44. The van der Waals surface area contributed by atoms with Gasteiger partial charge in [-0.2, -0.15) is 5.10 Å². The van der Waals surface area contributed by atoms with Gasteiger partial charge in [0.25, 0.3) is 0 Å². The SMILES string of the molecule is CCOC(=O)c1csc(-n2cc(Oc3ccc(S(N)(=O)=O)cc3)c(-c3ccccc3)n2)n1. The monoisotopic (exact) mass is 470 g/mol. The maximum Gasteiger partial charge on any atom is 0.357 e. The molecule has 0 saturated heterocycles. The Morgan fingerprint density at radius 1 is 1.12 bits per heavy atom. The largest absolute Gasteiger partial charge is 0.461 e. The molecule has 4 aromatic rings. The zero-order chi connectivity index (χ0) is 22.7. The van der Waals surface area contributed by atoms with E-state index in [1.807, 2.05) is 30.3 Å². The summed E-state index contributed by atoms with van der Waals surface area (Å²) in [6, 6.07) is 15.2. The zero-order valence-corrected chi connectivity index (χ0v) is 18.5. The predicted molar refractivity (Wildman–Crippen MR) is 119 cm³/mol. The van der Waals surface area contributed by atoms with Crippen LogP contribution in [0.3, 0.4) is 0 Å². The first-order chi connectivity index (χ1) is 15.3. The number of sulfonamides is 1. The van der Waals surface area contributed by atoms with E-state index < -0.39 is 16.0 Å². The lowest BCUT2D eigenvalue weighted by Gasteiger charge is -2.06. The van der Waals surface area contributed by atoms with Gasteiger partial charge in [0, 0.05) is 10.9 Å². The second-order valence-electron chi connectivity index (χ2n) is 6.51. The number of thiazole rings is 1. The minimum absolute atomic E-state index is 0.0156. The van der Waals surface area contributed by atoms with Crippen LogP contribution in [0.25, 0.3) is 16.4 Å². The molecule has 32 heavy (non-hydrogen) atoms. The van der Waals surface area contributed by atoms with Gasteiger partial charge in [-0.15, -0.1) is 11.3 Å². The highest BCUT2D eigenvalue weighted by Crippen LogP contribution is 2.34. The molecule has 0 saturated carbocycles. The summed E-state index contributed by atoms with van der Waals surface area (Å²) in [4.78, 5) is 16.2. The summed E-state index contributed by atoms with van der Waals surface area (Å²) in [6.45, 7) is 1.98. The lowest BCUT2D eigenvalue weighted by atomic mass is 10.1. The number of rotatable bonds is 7. The second-order valence-corrected chi connectivity index (χ2v) is 8.90. The van der Waals surface area contributed by atoms with E-state index in [0.717, 1.165) is 5.56 Å². The van der Waals surface area contributed by atoms with Gasteiger partial charge in [0.05, 0.1) is 17.7 Å². The quantitative estimate of drug-likeness (QED) is 0.409. The van der Waals surface area contributed by atoms with E-state index in [-0.39, 0.29) is 17.2 Å². The number of hydrogen-bond acceptors (Lipinski definition) is 8. The number of nitrogens with two attached hydrogens (primary N) is 1. The van der Waals surface area contributed by atoms with E-state index in [0.29, 0.717) is 22.3 Å². The van der Waals surface area contributed by atoms with Crippen LogP contribution in [0.4, 0.5) is 0 Å². The Hall–Kier alpha value is -3.54. The molecule has 2 aromatic heterocycles. The number of ether oxygens (including phenoxy) is 2. The van der Waals surface area contributed by atoms with Gasteiger partial charge in [0.15, 0.2) is 11.4 Å². The van der Waals surface area contributed by atoms with Crippen molar-refractivity contribution >= 4 is 27.3 Å². The normalized spacial score (nSPS) is 11.3. The van der Waals surface area contributed by atoms with Gasteiger partial charge in [-0.3, -0.25) is 0 Å². The highest BCUT2D eigenvalue weighted by Gasteiger charge is 2.18. The van der Waals surface area contributed by atoms with Gasteiger partial charge in [-0.25, -0.2) is 28.0 Å². The molecule has 164 valence electrons. The van der Waals surface area contributed by atoms with Crippen molar-refractivity contribution in [3.63, 3.8) is 0 Å². The average Bonchev–Trinajstić information content (AvgIpc) is 3.42. The molecular weight excluding hydrogens is 452 g/mol. The highest BCUT2D eigenvalue weighted by atomic mass is 32.2. The Balaban J connectivity index is 1.70. The van der Waals surface area contributed by atoms with Crippen LogP contribution in [0.15, 0.2) is 71.1 Å². The van der Waals surface area contributed by atoms with Gasteiger partial charge >= 0.3 is 5.97 Å². The van der Waals surface area contributed by atoms with Crippen LogP contribution in [0, 0.1) is 0 Å². The fourth-order valence-electron chi connectivity index (χ4n) is 2.82. The molecule has 4 rings (SSSR count). The topological polar surface area (TPSA) is 126 Å². The van der Waals surface area contributed by atoms with Crippen molar-refractivity contribution in [2.45, 2.75) is 11.8 Å². The van der Waals surface area contributed by atoms with Crippen molar-refractivity contribution in [3.05, 3.63) is 71.9 Å².